The standard InChI is InChI=1S/C25H38O5.C4H11NO2/c1-4-5-6-9-18(26)11-12-20-21(27)15-24(2)14-19-17(13-25(20,24)3)8-7-10-22(19)30-16-23(28)29;6-3-1-5-2-4-7/h7-8,10,18,20-21,26-27H,4-6,9,11-16H2,1-3H3,(H,28,29);5-7H,1-4H2/t18-,20-,21+,24-,25+;/m0./s1. The Morgan fingerprint density at radius 2 is 1.84 bits per heavy atom. The summed E-state index contributed by atoms with van der Waals surface area (Å²) in [7, 11) is 0. The molecule has 1 saturated carbocycles. The average Bonchev–Trinajstić information content (AvgIpc) is 3.04. The van der Waals surface area contributed by atoms with Crippen LogP contribution in [0, 0.1) is 16.7 Å². The van der Waals surface area contributed by atoms with E-state index < -0.39 is 5.97 Å². The number of benzene rings is 1. The summed E-state index contributed by atoms with van der Waals surface area (Å²) in [4.78, 5) is 11.0. The van der Waals surface area contributed by atoms with Crippen LogP contribution in [0.5, 0.6) is 5.75 Å². The first kappa shape index (κ1) is 31.5. The zero-order valence-electron chi connectivity index (χ0n) is 22.9. The molecule has 212 valence electrons. The van der Waals surface area contributed by atoms with E-state index in [0.717, 1.165) is 63.4 Å². The topological polar surface area (TPSA) is 139 Å². The predicted molar refractivity (Wildman–Crippen MR) is 144 cm³/mol. The van der Waals surface area contributed by atoms with Gasteiger partial charge < -0.3 is 35.6 Å². The number of carboxylic acid groups (broad SMARTS) is 1. The van der Waals surface area contributed by atoms with Gasteiger partial charge in [-0.15, -0.1) is 0 Å². The summed E-state index contributed by atoms with van der Waals surface area (Å²) in [6.45, 7) is 7.80. The van der Waals surface area contributed by atoms with Crippen molar-refractivity contribution in [3.05, 3.63) is 29.3 Å². The van der Waals surface area contributed by atoms with Gasteiger partial charge in [0.15, 0.2) is 6.61 Å². The third-order valence-corrected chi connectivity index (χ3v) is 8.56. The number of nitrogens with one attached hydrogen (secondary N) is 1. The second-order valence-electron chi connectivity index (χ2n) is 11.2. The van der Waals surface area contributed by atoms with E-state index in [1.165, 1.54) is 5.56 Å². The highest BCUT2D eigenvalue weighted by atomic mass is 16.5. The van der Waals surface area contributed by atoms with Gasteiger partial charge in [0, 0.05) is 13.1 Å². The van der Waals surface area contributed by atoms with Gasteiger partial charge in [0.25, 0.3) is 0 Å². The molecule has 1 aromatic rings. The Morgan fingerprint density at radius 1 is 1.14 bits per heavy atom. The maximum absolute atomic E-state index is 11.0. The molecule has 5 atom stereocenters. The van der Waals surface area contributed by atoms with E-state index in [1.807, 2.05) is 12.1 Å². The first-order chi connectivity index (χ1) is 17.6. The Bertz CT molecular complexity index is 830. The maximum atomic E-state index is 11.0. The van der Waals surface area contributed by atoms with Crippen LogP contribution in [0.15, 0.2) is 18.2 Å². The monoisotopic (exact) mass is 523 g/mol. The molecule has 3 rings (SSSR count). The van der Waals surface area contributed by atoms with Gasteiger partial charge in [-0.25, -0.2) is 4.79 Å². The Hall–Kier alpha value is -1.71. The van der Waals surface area contributed by atoms with Crippen molar-refractivity contribution < 1.29 is 35.1 Å². The van der Waals surface area contributed by atoms with Crippen LogP contribution in [0.4, 0.5) is 0 Å². The van der Waals surface area contributed by atoms with Crippen LogP contribution >= 0.6 is 0 Å². The zero-order valence-corrected chi connectivity index (χ0v) is 22.9. The molecule has 6 N–H and O–H groups in total. The third-order valence-electron chi connectivity index (χ3n) is 8.56. The largest absolute Gasteiger partial charge is 0.482 e. The van der Waals surface area contributed by atoms with Gasteiger partial charge in [0.05, 0.1) is 25.4 Å². The number of rotatable bonds is 14. The molecule has 0 spiro atoms. The fourth-order valence-electron chi connectivity index (χ4n) is 6.31. The van der Waals surface area contributed by atoms with E-state index in [9.17, 15) is 15.0 Å². The van der Waals surface area contributed by atoms with Crippen molar-refractivity contribution in [2.45, 2.75) is 90.8 Å². The first-order valence-electron chi connectivity index (χ1n) is 13.9. The molecule has 8 heteroatoms. The fourth-order valence-corrected chi connectivity index (χ4v) is 6.31. The number of carbonyl (C=O) groups is 1. The molecule has 0 bridgehead atoms. The fraction of sp³-hybridized carbons (Fsp3) is 0.759. The Kier molecular flexibility index (Phi) is 12.8. The number of hydrogen-bond donors (Lipinski definition) is 6. The third kappa shape index (κ3) is 8.39. The number of carboxylic acids is 1. The highest BCUT2D eigenvalue weighted by Crippen LogP contribution is 2.63. The lowest BCUT2D eigenvalue weighted by Gasteiger charge is -2.49. The van der Waals surface area contributed by atoms with Gasteiger partial charge in [-0.1, -0.05) is 52.2 Å². The van der Waals surface area contributed by atoms with Crippen LogP contribution in [-0.4, -0.2) is 76.6 Å². The van der Waals surface area contributed by atoms with Crippen molar-refractivity contribution in [3.8, 4) is 5.75 Å². The molecule has 37 heavy (non-hydrogen) atoms. The summed E-state index contributed by atoms with van der Waals surface area (Å²) in [6.07, 6.45) is 7.49. The lowest BCUT2D eigenvalue weighted by atomic mass is 9.55. The number of unbranched alkanes of at least 4 members (excludes halogenated alkanes) is 2. The van der Waals surface area contributed by atoms with E-state index in [0.29, 0.717) is 18.8 Å². The molecule has 0 heterocycles. The Balaban J connectivity index is 0.000000604. The van der Waals surface area contributed by atoms with Crippen LogP contribution in [-0.2, 0) is 17.6 Å². The molecule has 8 nitrogen and oxygen atoms in total. The molecule has 0 aromatic heterocycles. The SMILES string of the molecule is CCCCC[C@H](O)CC[C@H]1[C@H](O)C[C@]2(C)Cc3c(cccc3OCC(=O)O)C[C@]12C.OCCNCCO. The highest BCUT2D eigenvalue weighted by Gasteiger charge is 2.60. The maximum Gasteiger partial charge on any atom is 0.341 e. The van der Waals surface area contributed by atoms with Crippen LogP contribution in [0.2, 0.25) is 0 Å². The van der Waals surface area contributed by atoms with Crippen LogP contribution < -0.4 is 10.1 Å². The summed E-state index contributed by atoms with van der Waals surface area (Å²) < 4.78 is 5.58. The number of aliphatic carboxylic acids is 1. The van der Waals surface area contributed by atoms with Crippen LogP contribution in [0.1, 0.15) is 76.8 Å². The minimum atomic E-state index is -0.978. The molecular formula is C29H49NO7. The van der Waals surface area contributed by atoms with Gasteiger partial charge in [-0.05, 0) is 72.5 Å². The van der Waals surface area contributed by atoms with Crippen LogP contribution in [0.3, 0.4) is 0 Å². The van der Waals surface area contributed by atoms with Crippen molar-refractivity contribution in [1.29, 1.82) is 0 Å². The van der Waals surface area contributed by atoms with E-state index >= 15 is 0 Å². The van der Waals surface area contributed by atoms with Crippen molar-refractivity contribution in [2.75, 3.05) is 32.9 Å². The quantitative estimate of drug-likeness (QED) is 0.205. The molecular weight excluding hydrogens is 474 g/mol. The molecule has 2 aliphatic carbocycles. The predicted octanol–water partition coefficient (Wildman–Crippen LogP) is 2.92. The zero-order chi connectivity index (χ0) is 27.5. The van der Waals surface area contributed by atoms with E-state index in [4.69, 9.17) is 20.1 Å². The number of fused-ring (bicyclic) bond motifs is 2. The second-order valence-corrected chi connectivity index (χ2v) is 11.2. The lowest BCUT2D eigenvalue weighted by molar-refractivity contribution is -0.139. The number of aliphatic hydroxyl groups is 4. The smallest absolute Gasteiger partial charge is 0.341 e. The molecule has 0 radical (unpaired) electrons. The Morgan fingerprint density at radius 3 is 2.46 bits per heavy atom. The van der Waals surface area contributed by atoms with E-state index in [2.05, 4.69) is 32.2 Å². The Labute approximate surface area is 222 Å². The minimum Gasteiger partial charge on any atom is -0.482 e. The molecule has 0 amide bonds. The molecule has 2 aliphatic rings. The summed E-state index contributed by atoms with van der Waals surface area (Å²) in [6, 6.07) is 5.89. The minimum absolute atomic E-state index is 0.0615. The van der Waals surface area contributed by atoms with Gasteiger partial charge >= 0.3 is 5.97 Å². The van der Waals surface area contributed by atoms with Crippen molar-refractivity contribution in [1.82, 2.24) is 5.32 Å². The van der Waals surface area contributed by atoms with Gasteiger partial charge in [-0.2, -0.15) is 0 Å². The van der Waals surface area contributed by atoms with Crippen LogP contribution in [0.25, 0.3) is 0 Å². The van der Waals surface area contributed by atoms with Gasteiger partial charge in [-0.3, -0.25) is 0 Å². The second kappa shape index (κ2) is 15.0. The van der Waals surface area contributed by atoms with E-state index in [-0.39, 0.29) is 48.8 Å². The average molecular weight is 524 g/mol. The summed E-state index contributed by atoms with van der Waals surface area (Å²) in [5.41, 5.74) is 2.14. The first-order valence-corrected chi connectivity index (χ1v) is 13.9. The number of aliphatic hydroxyl groups excluding tert-OH is 4. The highest BCUT2D eigenvalue weighted by molar-refractivity contribution is 5.68. The molecule has 0 aliphatic heterocycles. The summed E-state index contributed by atoms with van der Waals surface area (Å²) in [5, 5.41) is 49.5. The number of hydrogen-bond acceptors (Lipinski definition) is 7. The van der Waals surface area contributed by atoms with Gasteiger partial charge in [0.2, 0.25) is 0 Å². The molecule has 0 unspecified atom stereocenters. The van der Waals surface area contributed by atoms with Crippen molar-refractivity contribution in [2.24, 2.45) is 16.7 Å². The molecule has 0 saturated heterocycles. The summed E-state index contributed by atoms with van der Waals surface area (Å²) >= 11 is 0. The molecule has 1 aromatic carbocycles. The molecule has 1 fully saturated rings. The van der Waals surface area contributed by atoms with Gasteiger partial charge in [0.1, 0.15) is 5.75 Å². The van der Waals surface area contributed by atoms with Crippen molar-refractivity contribution >= 4 is 5.97 Å². The normalized spacial score (nSPS) is 27.0. The lowest BCUT2D eigenvalue weighted by Crippen LogP contribution is -2.44. The number of ether oxygens (including phenoxy) is 1. The van der Waals surface area contributed by atoms with E-state index in [1.54, 1.807) is 0 Å². The summed E-state index contributed by atoms with van der Waals surface area (Å²) in [5.74, 6) is -0.171. The van der Waals surface area contributed by atoms with Crippen molar-refractivity contribution in [3.63, 3.8) is 0 Å².